The number of anilines is 1. The first kappa shape index (κ1) is 26.7. The van der Waals surface area contributed by atoms with Crippen molar-refractivity contribution in [3.8, 4) is 5.75 Å². The van der Waals surface area contributed by atoms with Crippen molar-refractivity contribution in [2.75, 3.05) is 12.8 Å². The molecular weight excluding hydrogens is 478 g/mol. The fraction of sp³-hybridized carbons (Fsp3) is 0.308. The fourth-order valence-electron chi connectivity index (χ4n) is 3.57. The van der Waals surface area contributed by atoms with E-state index in [1.165, 1.54) is 4.90 Å². The molecule has 0 aliphatic rings. The number of aromatic nitrogens is 1. The molecule has 190 valence electrons. The highest BCUT2D eigenvalue weighted by atomic mass is 32.1. The lowest BCUT2D eigenvalue weighted by Gasteiger charge is -2.34. The molecule has 0 saturated carbocycles. The molecule has 1 unspecified atom stereocenters. The molecule has 0 radical (unpaired) electrons. The fourth-order valence-corrected chi connectivity index (χ4v) is 4.33. The van der Waals surface area contributed by atoms with Crippen LogP contribution in [0.3, 0.4) is 0 Å². The number of methoxy groups -OCH3 is 1. The van der Waals surface area contributed by atoms with E-state index < -0.39 is 23.4 Å². The Morgan fingerprint density at radius 1 is 1.11 bits per heavy atom. The number of carbonyl (C=O) groups is 3. The van der Waals surface area contributed by atoms with Crippen LogP contribution in [0.15, 0.2) is 54.6 Å². The number of hydrogen-bond donors (Lipinski definition) is 3. The molecular formula is C26H31N5O4S. The molecule has 0 aliphatic heterocycles. The van der Waals surface area contributed by atoms with Crippen LogP contribution in [0.4, 0.5) is 5.69 Å². The molecule has 9 nitrogen and oxygen atoms in total. The van der Waals surface area contributed by atoms with E-state index in [2.05, 4.69) is 9.69 Å². The van der Waals surface area contributed by atoms with Gasteiger partial charge in [-0.05, 0) is 55.1 Å². The van der Waals surface area contributed by atoms with Crippen LogP contribution < -0.4 is 21.5 Å². The van der Waals surface area contributed by atoms with Crippen molar-refractivity contribution in [2.24, 2.45) is 5.73 Å². The predicted octanol–water partition coefficient (Wildman–Crippen LogP) is 3.52. The Labute approximate surface area is 214 Å². The van der Waals surface area contributed by atoms with Crippen LogP contribution in [0.5, 0.6) is 5.75 Å². The number of primary amides is 1. The molecule has 3 amide bonds. The highest BCUT2D eigenvalue weighted by Gasteiger charge is 2.36. The van der Waals surface area contributed by atoms with Gasteiger partial charge >= 0.3 is 0 Å². The molecule has 3 rings (SSSR count). The van der Waals surface area contributed by atoms with E-state index in [1.54, 1.807) is 31.4 Å². The van der Waals surface area contributed by atoms with E-state index in [-0.39, 0.29) is 28.7 Å². The van der Waals surface area contributed by atoms with Gasteiger partial charge in [-0.2, -0.15) is 4.37 Å². The van der Waals surface area contributed by atoms with Crippen molar-refractivity contribution < 1.29 is 19.1 Å². The quantitative estimate of drug-likeness (QED) is 0.382. The molecule has 3 aromatic rings. The smallest absolute Gasteiger partial charge is 0.270 e. The number of nitrogen functional groups attached to an aromatic ring is 1. The van der Waals surface area contributed by atoms with Gasteiger partial charge in [0.25, 0.3) is 11.8 Å². The number of ether oxygens (including phenoxy) is 1. The number of nitrogens with zero attached hydrogens (tertiary/aromatic N) is 2. The van der Waals surface area contributed by atoms with Gasteiger partial charge < -0.3 is 26.4 Å². The first-order valence-corrected chi connectivity index (χ1v) is 12.2. The van der Waals surface area contributed by atoms with Crippen LogP contribution >= 0.6 is 11.5 Å². The summed E-state index contributed by atoms with van der Waals surface area (Å²) in [4.78, 5) is 40.9. The van der Waals surface area contributed by atoms with Crippen molar-refractivity contribution in [1.29, 1.82) is 0 Å². The lowest BCUT2D eigenvalue weighted by atomic mass is 9.98. The molecule has 0 spiro atoms. The zero-order chi connectivity index (χ0) is 26.5. The average molecular weight is 510 g/mol. The third-order valence-corrected chi connectivity index (χ3v) is 6.80. The summed E-state index contributed by atoms with van der Waals surface area (Å²) in [5, 5.41) is 3.06. The zero-order valence-electron chi connectivity index (χ0n) is 20.8. The van der Waals surface area contributed by atoms with Crippen LogP contribution in [0, 0.1) is 0 Å². The van der Waals surface area contributed by atoms with Crippen LogP contribution in [0.25, 0.3) is 0 Å². The Balaban J connectivity index is 2.15. The maximum Gasteiger partial charge on any atom is 0.270 e. The SMILES string of the molecule is CCC(C)(C)NC(=O)C(c1ccc(OC)cc1)N(Cc1ccccc1)C(=O)c1snc(C(N)=O)c1N. The minimum Gasteiger partial charge on any atom is -0.497 e. The molecule has 1 aromatic heterocycles. The molecule has 0 bridgehead atoms. The van der Waals surface area contributed by atoms with E-state index in [1.807, 2.05) is 51.1 Å². The van der Waals surface area contributed by atoms with E-state index in [0.29, 0.717) is 17.7 Å². The molecule has 0 aliphatic carbocycles. The third kappa shape index (κ3) is 6.01. The third-order valence-electron chi connectivity index (χ3n) is 5.95. The second-order valence-corrected chi connectivity index (χ2v) is 9.73. The van der Waals surface area contributed by atoms with Crippen molar-refractivity contribution >= 4 is 34.9 Å². The maximum absolute atomic E-state index is 13.9. The van der Waals surface area contributed by atoms with Gasteiger partial charge in [-0.25, -0.2) is 0 Å². The number of benzene rings is 2. The largest absolute Gasteiger partial charge is 0.497 e. The van der Waals surface area contributed by atoms with Gasteiger partial charge in [-0.1, -0.05) is 49.4 Å². The highest BCUT2D eigenvalue weighted by Crippen LogP contribution is 2.31. The molecule has 36 heavy (non-hydrogen) atoms. The second kappa shape index (κ2) is 11.2. The van der Waals surface area contributed by atoms with E-state index in [9.17, 15) is 14.4 Å². The number of carbonyl (C=O) groups excluding carboxylic acids is 3. The Hall–Kier alpha value is -3.92. The summed E-state index contributed by atoms with van der Waals surface area (Å²) in [5.74, 6) is -1.10. The zero-order valence-corrected chi connectivity index (χ0v) is 21.6. The summed E-state index contributed by atoms with van der Waals surface area (Å²) < 4.78 is 9.25. The van der Waals surface area contributed by atoms with Gasteiger partial charge in [0.1, 0.15) is 16.7 Å². The summed E-state index contributed by atoms with van der Waals surface area (Å²) in [7, 11) is 1.55. The Bertz CT molecular complexity index is 1220. The standard InChI is InChI=1S/C26H31N5O4S/c1-5-26(2,3)29-24(33)21(17-11-13-18(35-4)14-12-17)31(15-16-9-7-6-8-10-16)25(34)22-19(27)20(23(28)32)30-36-22/h6-14,21H,5,15,27H2,1-4H3,(H2,28,32)(H,29,33). The van der Waals surface area contributed by atoms with Crippen LogP contribution in [0.2, 0.25) is 0 Å². The molecule has 0 saturated heterocycles. The van der Waals surface area contributed by atoms with Gasteiger partial charge in [-0.15, -0.1) is 0 Å². The van der Waals surface area contributed by atoms with E-state index >= 15 is 0 Å². The lowest BCUT2D eigenvalue weighted by Crippen LogP contribution is -2.50. The first-order chi connectivity index (χ1) is 17.1. The highest BCUT2D eigenvalue weighted by molar-refractivity contribution is 7.09. The summed E-state index contributed by atoms with van der Waals surface area (Å²) in [6.45, 7) is 5.91. The summed E-state index contributed by atoms with van der Waals surface area (Å²) in [6.07, 6.45) is 0.685. The molecule has 10 heteroatoms. The number of amides is 3. The average Bonchev–Trinajstić information content (AvgIpc) is 3.25. The topological polar surface area (TPSA) is 141 Å². The molecule has 2 aromatic carbocycles. The maximum atomic E-state index is 13.9. The summed E-state index contributed by atoms with van der Waals surface area (Å²) in [6, 6.07) is 15.3. The number of nitrogens with one attached hydrogen (secondary N) is 1. The summed E-state index contributed by atoms with van der Waals surface area (Å²) in [5.41, 5.74) is 12.1. The van der Waals surface area contributed by atoms with Crippen molar-refractivity contribution in [3.05, 3.63) is 76.3 Å². The van der Waals surface area contributed by atoms with Gasteiger partial charge in [-0.3, -0.25) is 14.4 Å². The minimum atomic E-state index is -1.01. The summed E-state index contributed by atoms with van der Waals surface area (Å²) >= 11 is 0.781. The van der Waals surface area contributed by atoms with Gasteiger partial charge in [0.05, 0.1) is 12.8 Å². The van der Waals surface area contributed by atoms with E-state index in [0.717, 1.165) is 17.1 Å². The van der Waals surface area contributed by atoms with Crippen molar-refractivity contribution in [2.45, 2.75) is 45.3 Å². The van der Waals surface area contributed by atoms with Crippen LogP contribution in [0.1, 0.15) is 64.5 Å². The van der Waals surface area contributed by atoms with Gasteiger partial charge in [0.2, 0.25) is 5.91 Å². The van der Waals surface area contributed by atoms with E-state index in [4.69, 9.17) is 16.2 Å². The number of nitrogens with two attached hydrogens (primary N) is 2. The van der Waals surface area contributed by atoms with Crippen molar-refractivity contribution in [1.82, 2.24) is 14.6 Å². The van der Waals surface area contributed by atoms with Crippen LogP contribution in [-0.4, -0.2) is 39.6 Å². The Morgan fingerprint density at radius 3 is 2.28 bits per heavy atom. The predicted molar refractivity (Wildman–Crippen MR) is 140 cm³/mol. The van der Waals surface area contributed by atoms with Crippen molar-refractivity contribution in [3.63, 3.8) is 0 Å². The van der Waals surface area contributed by atoms with Gasteiger partial charge in [0.15, 0.2) is 5.69 Å². The number of hydrogen-bond acceptors (Lipinski definition) is 7. The molecule has 1 atom stereocenters. The first-order valence-electron chi connectivity index (χ1n) is 11.4. The molecule has 5 N–H and O–H groups in total. The van der Waals surface area contributed by atoms with Gasteiger partial charge in [0, 0.05) is 12.1 Å². The normalized spacial score (nSPS) is 12.0. The van der Waals surface area contributed by atoms with Crippen LogP contribution in [-0.2, 0) is 11.3 Å². The Morgan fingerprint density at radius 2 is 1.75 bits per heavy atom. The molecule has 1 heterocycles. The molecule has 0 fully saturated rings. The monoisotopic (exact) mass is 509 g/mol. The second-order valence-electron chi connectivity index (χ2n) is 8.96. The lowest BCUT2D eigenvalue weighted by molar-refractivity contribution is -0.127. The Kier molecular flexibility index (Phi) is 8.31. The minimum absolute atomic E-state index is 0.0424. The number of rotatable bonds is 10.